The summed E-state index contributed by atoms with van der Waals surface area (Å²) in [5.74, 6) is -0.760. The van der Waals surface area contributed by atoms with Crippen LogP contribution in [0.1, 0.15) is 21.6 Å². The Morgan fingerprint density at radius 3 is 2.79 bits per heavy atom. The van der Waals surface area contributed by atoms with Crippen LogP contribution >= 0.6 is 11.3 Å². The van der Waals surface area contributed by atoms with Crippen LogP contribution in [0.15, 0.2) is 52.8 Å². The van der Waals surface area contributed by atoms with Crippen LogP contribution < -0.4 is 10.9 Å². The van der Waals surface area contributed by atoms with Crippen molar-refractivity contribution in [3.8, 4) is 0 Å². The first-order valence-electron chi connectivity index (χ1n) is 7.20. The molecule has 0 bridgehead atoms. The lowest BCUT2D eigenvalue weighted by molar-refractivity contribution is 0.102. The highest BCUT2D eigenvalue weighted by atomic mass is 32.1. The van der Waals surface area contributed by atoms with Crippen molar-refractivity contribution in [1.29, 1.82) is 0 Å². The van der Waals surface area contributed by atoms with Crippen molar-refractivity contribution in [1.82, 2.24) is 9.55 Å². The quantitative estimate of drug-likeness (QED) is 0.792. The summed E-state index contributed by atoms with van der Waals surface area (Å²) in [4.78, 5) is 28.4. The number of hydrogen-bond donors (Lipinski definition) is 1. The summed E-state index contributed by atoms with van der Waals surface area (Å²) < 4.78 is 15.1. The normalized spacial score (nSPS) is 10.6. The van der Waals surface area contributed by atoms with E-state index >= 15 is 0 Å². The van der Waals surface area contributed by atoms with Crippen LogP contribution in [0, 0.1) is 12.7 Å². The van der Waals surface area contributed by atoms with Crippen LogP contribution in [-0.4, -0.2) is 15.5 Å². The Labute approximate surface area is 141 Å². The summed E-state index contributed by atoms with van der Waals surface area (Å²) in [7, 11) is 0. The van der Waals surface area contributed by atoms with Gasteiger partial charge in [-0.05, 0) is 19.1 Å². The third kappa shape index (κ3) is 3.57. The van der Waals surface area contributed by atoms with Crippen LogP contribution in [0.5, 0.6) is 0 Å². The molecule has 2 heterocycles. The minimum Gasteiger partial charge on any atom is -0.310 e. The average molecular weight is 343 g/mol. The summed E-state index contributed by atoms with van der Waals surface area (Å²) >= 11 is 1.32. The monoisotopic (exact) mass is 343 g/mol. The number of halogens is 1. The fraction of sp³-hybridized carbons (Fsp3) is 0.118. The van der Waals surface area contributed by atoms with E-state index in [4.69, 9.17) is 0 Å². The number of nitrogens with zero attached hydrogens (tertiary/aromatic N) is 2. The van der Waals surface area contributed by atoms with Gasteiger partial charge in [0.25, 0.3) is 11.5 Å². The Bertz CT molecular complexity index is 949. The SMILES string of the molecule is Cc1csc(NC(=O)c2ccc(=O)n(Cc3ccccc3F)c2)n1. The van der Waals surface area contributed by atoms with Gasteiger partial charge in [0.05, 0.1) is 17.8 Å². The molecule has 0 atom stereocenters. The van der Waals surface area contributed by atoms with Gasteiger partial charge in [0.1, 0.15) is 5.82 Å². The molecule has 0 unspecified atom stereocenters. The first-order chi connectivity index (χ1) is 11.5. The molecule has 0 aliphatic heterocycles. The topological polar surface area (TPSA) is 64.0 Å². The number of aryl methyl sites for hydroxylation is 1. The first kappa shape index (κ1) is 16.1. The molecular formula is C17H14FN3O2S. The van der Waals surface area contributed by atoms with Crippen molar-refractivity contribution >= 4 is 22.4 Å². The molecule has 1 amide bonds. The number of rotatable bonds is 4. The third-order valence-corrected chi connectivity index (χ3v) is 4.26. The van der Waals surface area contributed by atoms with Crippen molar-refractivity contribution in [3.63, 3.8) is 0 Å². The lowest BCUT2D eigenvalue weighted by Crippen LogP contribution is -2.23. The highest BCUT2D eigenvalue weighted by Crippen LogP contribution is 2.15. The number of nitrogens with one attached hydrogen (secondary N) is 1. The molecule has 1 aromatic carbocycles. The van der Waals surface area contributed by atoms with Crippen molar-refractivity contribution in [2.45, 2.75) is 13.5 Å². The Hall–Kier alpha value is -2.80. The van der Waals surface area contributed by atoms with E-state index in [1.165, 1.54) is 40.3 Å². The first-order valence-corrected chi connectivity index (χ1v) is 8.08. The Morgan fingerprint density at radius 2 is 2.08 bits per heavy atom. The summed E-state index contributed by atoms with van der Waals surface area (Å²) in [6.07, 6.45) is 1.42. The smallest absolute Gasteiger partial charge is 0.258 e. The van der Waals surface area contributed by atoms with Gasteiger partial charge < -0.3 is 4.57 Å². The van der Waals surface area contributed by atoms with Gasteiger partial charge in [-0.1, -0.05) is 18.2 Å². The molecule has 2 aromatic heterocycles. The second-order valence-corrected chi connectivity index (χ2v) is 6.08. The largest absolute Gasteiger partial charge is 0.310 e. The molecule has 122 valence electrons. The third-order valence-electron chi connectivity index (χ3n) is 3.38. The van der Waals surface area contributed by atoms with E-state index in [9.17, 15) is 14.0 Å². The number of pyridine rings is 1. The number of carbonyl (C=O) groups excluding carboxylic acids is 1. The predicted octanol–water partition coefficient (Wildman–Crippen LogP) is 3.05. The van der Waals surface area contributed by atoms with Crippen LogP contribution in [-0.2, 0) is 6.54 Å². The van der Waals surface area contributed by atoms with Crippen LogP contribution in [0.4, 0.5) is 9.52 Å². The van der Waals surface area contributed by atoms with E-state index < -0.39 is 5.82 Å². The molecular weight excluding hydrogens is 329 g/mol. The maximum Gasteiger partial charge on any atom is 0.258 e. The summed E-state index contributed by atoms with van der Waals surface area (Å²) in [6.45, 7) is 1.89. The van der Waals surface area contributed by atoms with Gasteiger partial charge in [0, 0.05) is 23.2 Å². The summed E-state index contributed by atoms with van der Waals surface area (Å²) in [6, 6.07) is 8.96. The number of amides is 1. The van der Waals surface area contributed by atoms with Gasteiger partial charge in [-0.15, -0.1) is 11.3 Å². The van der Waals surface area contributed by atoms with Crippen molar-refractivity contribution in [3.05, 3.63) is 81.0 Å². The van der Waals surface area contributed by atoms with Crippen molar-refractivity contribution in [2.24, 2.45) is 0 Å². The van der Waals surface area contributed by atoms with Crippen molar-refractivity contribution in [2.75, 3.05) is 5.32 Å². The molecule has 3 rings (SSSR count). The number of aromatic nitrogens is 2. The zero-order valence-corrected chi connectivity index (χ0v) is 13.6. The number of carbonyl (C=O) groups is 1. The highest BCUT2D eigenvalue weighted by molar-refractivity contribution is 7.13. The van der Waals surface area contributed by atoms with E-state index in [1.807, 2.05) is 12.3 Å². The Kier molecular flexibility index (Phi) is 4.52. The molecule has 0 aliphatic rings. The second-order valence-electron chi connectivity index (χ2n) is 5.22. The standard InChI is InChI=1S/C17H14FN3O2S/c1-11-10-24-17(19-11)20-16(23)13-6-7-15(22)21(9-13)8-12-4-2-3-5-14(12)18/h2-7,9-10H,8H2,1H3,(H,19,20,23). The van der Waals surface area contributed by atoms with E-state index in [0.717, 1.165) is 5.69 Å². The van der Waals surface area contributed by atoms with Gasteiger partial charge in [0.15, 0.2) is 5.13 Å². The van der Waals surface area contributed by atoms with Gasteiger partial charge in [-0.2, -0.15) is 0 Å². The Morgan fingerprint density at radius 1 is 1.29 bits per heavy atom. The fourth-order valence-corrected chi connectivity index (χ4v) is 2.86. The van der Waals surface area contributed by atoms with Crippen LogP contribution in [0.3, 0.4) is 0 Å². The highest BCUT2D eigenvalue weighted by Gasteiger charge is 2.11. The molecule has 0 spiro atoms. The molecule has 0 aliphatic carbocycles. The minimum atomic E-state index is -0.391. The van der Waals surface area contributed by atoms with E-state index in [2.05, 4.69) is 10.3 Å². The molecule has 3 aromatic rings. The maximum atomic E-state index is 13.8. The maximum absolute atomic E-state index is 13.8. The molecule has 0 saturated carbocycles. The number of anilines is 1. The van der Waals surface area contributed by atoms with Gasteiger partial charge in [-0.25, -0.2) is 9.37 Å². The minimum absolute atomic E-state index is 0.0585. The van der Waals surface area contributed by atoms with Crippen LogP contribution in [0.2, 0.25) is 0 Å². The molecule has 0 saturated heterocycles. The number of hydrogen-bond acceptors (Lipinski definition) is 4. The zero-order valence-electron chi connectivity index (χ0n) is 12.8. The van der Waals surface area contributed by atoms with E-state index in [0.29, 0.717) is 16.3 Å². The molecule has 5 nitrogen and oxygen atoms in total. The lowest BCUT2D eigenvalue weighted by Gasteiger charge is -2.09. The molecule has 0 fully saturated rings. The second kappa shape index (κ2) is 6.76. The lowest BCUT2D eigenvalue weighted by atomic mass is 10.2. The van der Waals surface area contributed by atoms with Gasteiger partial charge >= 0.3 is 0 Å². The summed E-state index contributed by atoms with van der Waals surface area (Å²) in [5.41, 5.74) is 1.20. The Balaban J connectivity index is 1.84. The predicted molar refractivity (Wildman–Crippen MR) is 91.0 cm³/mol. The molecule has 0 radical (unpaired) electrons. The van der Waals surface area contributed by atoms with Gasteiger partial charge in [-0.3, -0.25) is 14.9 Å². The number of benzene rings is 1. The van der Waals surface area contributed by atoms with Gasteiger partial charge in [0.2, 0.25) is 0 Å². The zero-order chi connectivity index (χ0) is 17.1. The van der Waals surface area contributed by atoms with E-state index in [-0.39, 0.29) is 18.0 Å². The molecule has 1 N–H and O–H groups in total. The number of thiazole rings is 1. The van der Waals surface area contributed by atoms with E-state index in [1.54, 1.807) is 18.2 Å². The summed E-state index contributed by atoms with van der Waals surface area (Å²) in [5, 5.41) is 5.00. The average Bonchev–Trinajstić information content (AvgIpc) is 2.96. The van der Waals surface area contributed by atoms with Crippen LogP contribution in [0.25, 0.3) is 0 Å². The fourth-order valence-electron chi connectivity index (χ4n) is 2.18. The van der Waals surface area contributed by atoms with Crippen molar-refractivity contribution < 1.29 is 9.18 Å². The molecule has 7 heteroatoms. The molecule has 24 heavy (non-hydrogen) atoms.